The minimum absolute atomic E-state index is 0.306. The molecule has 1 atom stereocenters. The van der Waals surface area contributed by atoms with Crippen molar-refractivity contribution < 1.29 is 33.6 Å². The molecule has 1 amide bonds. The van der Waals surface area contributed by atoms with Crippen molar-refractivity contribution >= 4 is 17.4 Å². The van der Waals surface area contributed by atoms with E-state index in [9.17, 15) is 14.7 Å². The predicted octanol–water partition coefficient (Wildman–Crippen LogP) is 4.59. The quantitative estimate of drug-likeness (QED) is 0.427. The zero-order valence-corrected chi connectivity index (χ0v) is 21.2. The van der Waals surface area contributed by atoms with Gasteiger partial charge in [0.25, 0.3) is 5.91 Å². The summed E-state index contributed by atoms with van der Waals surface area (Å²) in [7, 11) is 6.05. The van der Waals surface area contributed by atoms with Crippen LogP contribution in [-0.2, 0) is 16.0 Å². The maximum Gasteiger partial charge on any atom is 0.337 e. The van der Waals surface area contributed by atoms with E-state index in [2.05, 4.69) is 0 Å². The fourth-order valence-electron chi connectivity index (χ4n) is 4.50. The first-order chi connectivity index (χ1) is 17.9. The molecule has 0 spiro atoms. The lowest BCUT2D eigenvalue weighted by molar-refractivity contribution is -0.129. The average Bonchev–Trinajstić information content (AvgIpc) is 3.20. The van der Waals surface area contributed by atoms with E-state index in [1.54, 1.807) is 62.6 Å². The van der Waals surface area contributed by atoms with Gasteiger partial charge in [0.2, 0.25) is 0 Å². The molecule has 0 bridgehead atoms. The van der Waals surface area contributed by atoms with Crippen molar-refractivity contribution in [3.63, 3.8) is 0 Å². The van der Waals surface area contributed by atoms with Crippen molar-refractivity contribution in [2.24, 2.45) is 0 Å². The van der Waals surface area contributed by atoms with Crippen LogP contribution in [0.5, 0.6) is 17.2 Å². The van der Waals surface area contributed by atoms with Crippen LogP contribution in [0.2, 0.25) is 0 Å². The smallest absolute Gasteiger partial charge is 0.337 e. The minimum atomic E-state index is -0.562. The van der Waals surface area contributed by atoms with E-state index in [1.807, 2.05) is 30.3 Å². The molecule has 0 unspecified atom stereocenters. The third-order valence-electron chi connectivity index (χ3n) is 6.44. The molecule has 0 aliphatic carbocycles. The normalized spacial score (nSPS) is 15.1. The molecule has 3 aromatic carbocycles. The highest BCUT2D eigenvalue weighted by atomic mass is 16.5. The van der Waals surface area contributed by atoms with Crippen molar-refractivity contribution in [1.29, 1.82) is 0 Å². The van der Waals surface area contributed by atoms with Gasteiger partial charge in [-0.1, -0.05) is 30.3 Å². The van der Waals surface area contributed by atoms with Crippen molar-refractivity contribution in [2.45, 2.75) is 12.5 Å². The number of carbonyl (C=O) groups excluding carboxylic acids is 2. The molecular weight excluding hydrogens is 474 g/mol. The van der Waals surface area contributed by atoms with Crippen LogP contribution < -0.4 is 14.2 Å². The van der Waals surface area contributed by atoms with Crippen LogP contribution in [0, 0.1) is 0 Å². The third-order valence-corrected chi connectivity index (χ3v) is 6.44. The van der Waals surface area contributed by atoms with E-state index in [4.69, 9.17) is 18.9 Å². The summed E-state index contributed by atoms with van der Waals surface area (Å²) in [4.78, 5) is 26.9. The summed E-state index contributed by atoms with van der Waals surface area (Å²) in [6.45, 7) is 0.335. The highest BCUT2D eigenvalue weighted by Crippen LogP contribution is 2.43. The predicted molar refractivity (Wildman–Crippen MR) is 138 cm³/mol. The molecule has 1 heterocycles. The SMILES string of the molecule is COC(=O)c1ccc([C@H]2C(c3ccc(OC)cc3)=C(O)C(=O)N2CCc2ccc(OC)c(OC)c2)cc1. The standard InChI is InChI=1S/C29H29NO7/c1-34-22-12-10-19(11-13-22)25-26(20-6-8-21(9-7-20)29(33)37-4)30(28(32)27(25)31)16-15-18-5-14-23(35-2)24(17-18)36-3/h5-14,17,26,31H,15-16H2,1-4H3/t26-/m0/s1. The van der Waals surface area contributed by atoms with Gasteiger partial charge in [0.15, 0.2) is 17.3 Å². The molecule has 3 aromatic rings. The summed E-state index contributed by atoms with van der Waals surface area (Å²) in [5.74, 6) is 0.661. The third kappa shape index (κ3) is 5.09. The second-order valence-electron chi connectivity index (χ2n) is 8.44. The van der Waals surface area contributed by atoms with Gasteiger partial charge < -0.3 is 29.0 Å². The Balaban J connectivity index is 1.70. The van der Waals surface area contributed by atoms with Gasteiger partial charge in [-0.15, -0.1) is 0 Å². The summed E-state index contributed by atoms with van der Waals surface area (Å²) >= 11 is 0. The number of benzene rings is 3. The second kappa shape index (κ2) is 11.1. The molecule has 8 heteroatoms. The lowest BCUT2D eigenvalue weighted by atomic mass is 9.92. The van der Waals surface area contributed by atoms with Crippen LogP contribution in [0.25, 0.3) is 5.57 Å². The largest absolute Gasteiger partial charge is 0.503 e. The van der Waals surface area contributed by atoms with E-state index in [-0.39, 0.29) is 5.76 Å². The van der Waals surface area contributed by atoms with Gasteiger partial charge in [0.05, 0.1) is 40.0 Å². The Bertz CT molecular complexity index is 1310. The first-order valence-electron chi connectivity index (χ1n) is 11.7. The van der Waals surface area contributed by atoms with Crippen molar-refractivity contribution in [1.82, 2.24) is 4.90 Å². The van der Waals surface area contributed by atoms with Gasteiger partial charge in [-0.25, -0.2) is 4.79 Å². The van der Waals surface area contributed by atoms with E-state index in [0.29, 0.717) is 46.9 Å². The Hall–Kier alpha value is -4.46. The number of ether oxygens (including phenoxy) is 4. The maximum absolute atomic E-state index is 13.3. The zero-order valence-electron chi connectivity index (χ0n) is 21.2. The van der Waals surface area contributed by atoms with E-state index in [0.717, 1.165) is 11.1 Å². The molecule has 4 rings (SSSR count). The number of aliphatic hydroxyl groups excluding tert-OH is 1. The van der Waals surface area contributed by atoms with Crippen molar-refractivity contribution in [3.8, 4) is 17.2 Å². The number of esters is 1. The molecule has 1 N–H and O–H groups in total. The Morgan fingerprint density at radius 3 is 2.14 bits per heavy atom. The van der Waals surface area contributed by atoms with E-state index >= 15 is 0 Å². The van der Waals surface area contributed by atoms with Crippen LogP contribution >= 0.6 is 0 Å². The van der Waals surface area contributed by atoms with Crippen molar-refractivity contribution in [3.05, 3.63) is 94.7 Å². The van der Waals surface area contributed by atoms with Gasteiger partial charge >= 0.3 is 5.97 Å². The molecule has 0 radical (unpaired) electrons. The number of rotatable bonds is 9. The fraction of sp³-hybridized carbons (Fsp3) is 0.241. The number of methoxy groups -OCH3 is 4. The summed E-state index contributed by atoms with van der Waals surface area (Å²) < 4.78 is 20.8. The van der Waals surface area contributed by atoms with Crippen LogP contribution in [0.15, 0.2) is 72.5 Å². The summed E-state index contributed by atoms with van der Waals surface area (Å²) in [6, 6.07) is 19.1. The van der Waals surface area contributed by atoms with E-state index in [1.165, 1.54) is 7.11 Å². The lowest BCUT2D eigenvalue weighted by Crippen LogP contribution is -2.32. The van der Waals surface area contributed by atoms with Crippen LogP contribution in [0.1, 0.15) is 33.1 Å². The minimum Gasteiger partial charge on any atom is -0.503 e. The number of amides is 1. The molecule has 0 saturated heterocycles. The van der Waals surface area contributed by atoms with Gasteiger partial charge in [0, 0.05) is 12.1 Å². The van der Waals surface area contributed by atoms with Crippen LogP contribution in [-0.4, -0.2) is 56.9 Å². The monoisotopic (exact) mass is 503 g/mol. The van der Waals surface area contributed by atoms with Gasteiger partial charge in [-0.2, -0.15) is 0 Å². The lowest BCUT2D eigenvalue weighted by Gasteiger charge is -2.28. The molecule has 1 aliphatic heterocycles. The molecule has 0 fully saturated rings. The molecule has 0 saturated carbocycles. The molecule has 37 heavy (non-hydrogen) atoms. The average molecular weight is 504 g/mol. The highest BCUT2D eigenvalue weighted by molar-refractivity contribution is 6.05. The summed E-state index contributed by atoms with van der Waals surface area (Å²) in [6.07, 6.45) is 0.520. The first-order valence-corrected chi connectivity index (χ1v) is 11.7. The van der Waals surface area contributed by atoms with Crippen LogP contribution in [0.4, 0.5) is 0 Å². The second-order valence-corrected chi connectivity index (χ2v) is 8.44. The van der Waals surface area contributed by atoms with Crippen molar-refractivity contribution in [2.75, 3.05) is 35.0 Å². The molecule has 1 aliphatic rings. The van der Waals surface area contributed by atoms with Crippen LogP contribution in [0.3, 0.4) is 0 Å². The molecular formula is C29H29NO7. The number of carbonyl (C=O) groups is 2. The number of hydrogen-bond acceptors (Lipinski definition) is 7. The Labute approximate surface area is 215 Å². The molecule has 0 aromatic heterocycles. The summed E-state index contributed by atoms with van der Waals surface area (Å²) in [5.41, 5.74) is 3.28. The maximum atomic E-state index is 13.3. The number of aliphatic hydroxyl groups is 1. The Morgan fingerprint density at radius 1 is 0.865 bits per heavy atom. The summed E-state index contributed by atoms with van der Waals surface area (Å²) in [5, 5.41) is 11.0. The first kappa shape index (κ1) is 25.6. The zero-order chi connectivity index (χ0) is 26.5. The number of nitrogens with zero attached hydrogens (tertiary/aromatic N) is 1. The Kier molecular flexibility index (Phi) is 7.67. The Morgan fingerprint density at radius 2 is 1.54 bits per heavy atom. The van der Waals surface area contributed by atoms with Gasteiger partial charge in [-0.3, -0.25) is 4.79 Å². The van der Waals surface area contributed by atoms with E-state index < -0.39 is 17.9 Å². The highest BCUT2D eigenvalue weighted by Gasteiger charge is 2.40. The molecule has 8 nitrogen and oxygen atoms in total. The fourth-order valence-corrected chi connectivity index (χ4v) is 4.50. The topological polar surface area (TPSA) is 94.5 Å². The van der Waals surface area contributed by atoms with Gasteiger partial charge in [-0.05, 0) is 59.5 Å². The molecule has 192 valence electrons. The number of hydrogen-bond donors (Lipinski definition) is 1. The van der Waals surface area contributed by atoms with Gasteiger partial charge in [0.1, 0.15) is 5.75 Å².